The Bertz CT molecular complexity index is 655. The smallest absolute Gasteiger partial charge is 0.120 e. The molecular weight excluding hydrogens is 376 g/mol. The summed E-state index contributed by atoms with van der Waals surface area (Å²) in [6.07, 6.45) is 8.98. The lowest BCUT2D eigenvalue weighted by Crippen LogP contribution is -3.14. The molecular formula is C19H30N6O4. The van der Waals surface area contributed by atoms with Gasteiger partial charge in [-0.25, -0.2) is 5.84 Å². The molecule has 0 spiro atoms. The van der Waals surface area contributed by atoms with Crippen molar-refractivity contribution >= 4 is 12.4 Å². The van der Waals surface area contributed by atoms with Gasteiger partial charge in [0, 0.05) is 32.4 Å². The fourth-order valence-corrected chi connectivity index (χ4v) is 3.73. The second kappa shape index (κ2) is 10.6. The number of quaternary nitrogens is 2. The Balaban J connectivity index is 1.44. The lowest BCUT2D eigenvalue weighted by Gasteiger charge is -2.39. The first kappa shape index (κ1) is 21.7. The molecule has 0 bridgehead atoms. The summed E-state index contributed by atoms with van der Waals surface area (Å²) in [7, 11) is 0. The monoisotopic (exact) mass is 406 g/mol. The van der Waals surface area contributed by atoms with Crippen LogP contribution in [0.3, 0.4) is 0 Å². The maximum Gasteiger partial charge on any atom is 0.120 e. The molecule has 1 aromatic carbocycles. The minimum Gasteiger partial charge on any atom is -0.598 e. The molecule has 0 amide bonds. The van der Waals surface area contributed by atoms with Crippen molar-refractivity contribution in [3.63, 3.8) is 0 Å². The summed E-state index contributed by atoms with van der Waals surface area (Å²) in [6.45, 7) is 3.52. The number of anilines is 1. The summed E-state index contributed by atoms with van der Waals surface area (Å²) in [5.41, 5.74) is 0.590. The van der Waals surface area contributed by atoms with Crippen molar-refractivity contribution in [2.24, 2.45) is 10.9 Å². The van der Waals surface area contributed by atoms with Gasteiger partial charge in [-0.15, -0.1) is 10.3 Å². The number of nitrogens with two attached hydrogens (primary N) is 1. The van der Waals surface area contributed by atoms with Crippen LogP contribution in [0.4, 0.5) is 5.69 Å². The molecule has 0 aromatic heterocycles. The number of hydrogen-bond acceptors (Lipinski definition) is 8. The number of hydrazone groups is 1. The molecule has 4 N–H and O–H groups in total. The van der Waals surface area contributed by atoms with Crippen LogP contribution in [0.1, 0.15) is 44.9 Å². The Labute approximate surface area is 170 Å². The number of rotatable bonds is 9. The molecule has 3 atom stereocenters. The van der Waals surface area contributed by atoms with E-state index in [0.29, 0.717) is 31.4 Å². The molecule has 10 nitrogen and oxygen atoms in total. The van der Waals surface area contributed by atoms with Crippen molar-refractivity contribution in [3.05, 3.63) is 52.9 Å². The van der Waals surface area contributed by atoms with E-state index in [-0.39, 0.29) is 28.6 Å². The van der Waals surface area contributed by atoms with Crippen molar-refractivity contribution in [1.82, 2.24) is 5.17 Å². The number of hydrogen-bond donors (Lipinski definition) is 3. The summed E-state index contributed by atoms with van der Waals surface area (Å²) in [4.78, 5) is 10.7. The van der Waals surface area contributed by atoms with Crippen molar-refractivity contribution in [2.45, 2.75) is 63.1 Å². The van der Waals surface area contributed by atoms with Gasteiger partial charge in [0.25, 0.3) is 0 Å². The molecule has 0 heterocycles. The largest absolute Gasteiger partial charge is 0.598 e. The number of benzene rings is 1. The van der Waals surface area contributed by atoms with E-state index in [2.05, 4.69) is 24.0 Å². The molecule has 29 heavy (non-hydrogen) atoms. The number of hydrazine groups is 1. The molecule has 10 heteroatoms. The first-order valence-electron chi connectivity index (χ1n) is 10.0. The summed E-state index contributed by atoms with van der Waals surface area (Å²) in [5, 5.41) is 30.4. The van der Waals surface area contributed by atoms with Crippen LogP contribution in [0.25, 0.3) is 0 Å². The zero-order chi connectivity index (χ0) is 20.6. The first-order valence-corrected chi connectivity index (χ1v) is 10.0. The van der Waals surface area contributed by atoms with Gasteiger partial charge in [-0.1, -0.05) is 40.2 Å². The molecule has 0 saturated heterocycles. The number of para-hydroxylation sites is 1. The van der Waals surface area contributed by atoms with Gasteiger partial charge in [-0.3, -0.25) is 0 Å². The van der Waals surface area contributed by atoms with Crippen molar-refractivity contribution in [2.75, 3.05) is 5.17 Å². The normalized spacial score (nSPS) is 26.5. The highest BCUT2D eigenvalue weighted by atomic mass is 17.0. The second-order valence-electron chi connectivity index (χ2n) is 7.41. The van der Waals surface area contributed by atoms with Gasteiger partial charge in [0.1, 0.15) is 12.1 Å². The van der Waals surface area contributed by atoms with Crippen molar-refractivity contribution in [1.29, 1.82) is 0 Å². The van der Waals surface area contributed by atoms with Gasteiger partial charge in [-0.05, 0) is 31.4 Å². The van der Waals surface area contributed by atoms with Crippen LogP contribution in [0.5, 0.6) is 0 Å². The van der Waals surface area contributed by atoms with Crippen molar-refractivity contribution < 1.29 is 20.3 Å². The van der Waals surface area contributed by atoms with Gasteiger partial charge in [0.05, 0.1) is 11.7 Å². The third-order valence-electron chi connectivity index (χ3n) is 5.47. The number of allylic oxidation sites excluding steroid dienone is 1. The fraction of sp³-hybridized carbons (Fsp3) is 0.526. The Kier molecular flexibility index (Phi) is 7.95. The summed E-state index contributed by atoms with van der Waals surface area (Å²) < 4.78 is 0. The molecule has 2 aliphatic carbocycles. The van der Waals surface area contributed by atoms with E-state index in [1.54, 1.807) is 12.1 Å². The van der Waals surface area contributed by atoms with Gasteiger partial charge < -0.3 is 10.4 Å². The predicted molar refractivity (Wildman–Crippen MR) is 108 cm³/mol. The third-order valence-corrected chi connectivity index (χ3v) is 5.47. The molecule has 1 fully saturated rings. The topological polar surface area (TPSA) is 118 Å². The quantitative estimate of drug-likeness (QED) is 0.231. The first-order chi connectivity index (χ1) is 14.1. The second-order valence-corrected chi connectivity index (χ2v) is 7.41. The van der Waals surface area contributed by atoms with E-state index in [0.717, 1.165) is 24.4 Å². The van der Waals surface area contributed by atoms with E-state index in [1.807, 2.05) is 18.2 Å². The molecule has 0 aliphatic heterocycles. The van der Waals surface area contributed by atoms with Crippen LogP contribution < -0.4 is 21.5 Å². The molecule has 0 radical (unpaired) electrons. The van der Waals surface area contributed by atoms with E-state index < -0.39 is 0 Å². The molecule has 3 unspecified atom stereocenters. The minimum absolute atomic E-state index is 0.0290. The van der Waals surface area contributed by atoms with E-state index in [9.17, 15) is 10.4 Å². The molecule has 2 aliphatic rings. The fourth-order valence-electron chi connectivity index (χ4n) is 3.73. The molecule has 1 aromatic rings. The van der Waals surface area contributed by atoms with Crippen LogP contribution in [-0.4, -0.2) is 30.0 Å². The Morgan fingerprint density at radius 2 is 1.59 bits per heavy atom. The predicted octanol–water partition coefficient (Wildman–Crippen LogP) is 0.163. The van der Waals surface area contributed by atoms with E-state index >= 15 is 0 Å². The van der Waals surface area contributed by atoms with Gasteiger partial charge in [0.2, 0.25) is 0 Å². The van der Waals surface area contributed by atoms with Crippen molar-refractivity contribution in [3.8, 4) is 0 Å². The third kappa shape index (κ3) is 5.97. The standard InChI is InChI=1S/C19H30N6O4/c1-21-23(17-10-6-3-7-11-17)29-25(27)19-14-12-18(13-15-19)24(26)28-22(20)16-8-4-2-5-9-16/h2-6,8-9,17-19,24-25H,1,7,10-15,20H2. The molecule has 3 rings (SSSR count). The SMILES string of the molecule is C=NN(O[NH+]([O-])C1CCC([NH+]([O-])ON(N)c2ccccc2)CC1)C1CC=CCC1. The highest BCUT2D eigenvalue weighted by Gasteiger charge is 2.33. The highest BCUT2D eigenvalue weighted by Crippen LogP contribution is 2.18. The minimum atomic E-state index is -0.383. The van der Waals surface area contributed by atoms with Gasteiger partial charge in [0.15, 0.2) is 0 Å². The lowest BCUT2D eigenvalue weighted by atomic mass is 9.92. The van der Waals surface area contributed by atoms with Crippen LogP contribution in [0.2, 0.25) is 0 Å². The Hall–Kier alpha value is -2.05. The highest BCUT2D eigenvalue weighted by molar-refractivity contribution is 5.41. The molecule has 1 saturated carbocycles. The number of hydroxylamine groups is 5. The Morgan fingerprint density at radius 1 is 0.966 bits per heavy atom. The summed E-state index contributed by atoms with van der Waals surface area (Å²) >= 11 is 0. The lowest BCUT2D eigenvalue weighted by molar-refractivity contribution is -1.10. The molecule has 160 valence electrons. The average molecular weight is 406 g/mol. The van der Waals surface area contributed by atoms with Crippen LogP contribution in [0, 0.1) is 10.4 Å². The number of nitrogens with one attached hydrogen (secondary N) is 2. The maximum absolute atomic E-state index is 12.5. The zero-order valence-corrected chi connectivity index (χ0v) is 16.5. The number of nitrogens with zero attached hydrogens (tertiary/aromatic N) is 3. The zero-order valence-electron chi connectivity index (χ0n) is 16.5. The van der Waals surface area contributed by atoms with E-state index in [1.165, 1.54) is 5.17 Å². The van der Waals surface area contributed by atoms with Crippen LogP contribution >= 0.6 is 0 Å². The Morgan fingerprint density at radius 3 is 2.14 bits per heavy atom. The van der Waals surface area contributed by atoms with Crippen LogP contribution in [-0.2, 0) is 9.88 Å². The summed E-state index contributed by atoms with van der Waals surface area (Å²) in [6, 6.07) is 8.46. The van der Waals surface area contributed by atoms with Gasteiger partial charge >= 0.3 is 0 Å². The maximum atomic E-state index is 12.5. The average Bonchev–Trinajstić information content (AvgIpc) is 2.78. The van der Waals surface area contributed by atoms with Gasteiger partial charge in [-0.2, -0.15) is 15.6 Å². The van der Waals surface area contributed by atoms with Crippen LogP contribution in [0.15, 0.2) is 47.6 Å². The summed E-state index contributed by atoms with van der Waals surface area (Å²) in [5.74, 6) is 5.81. The van der Waals surface area contributed by atoms with E-state index in [4.69, 9.17) is 15.7 Å².